The Balaban J connectivity index is 1.78. The number of hydrogen-bond acceptors (Lipinski definition) is 6. The molecule has 0 radical (unpaired) electrons. The highest BCUT2D eigenvalue weighted by atomic mass is 32.2. The molecular weight excluding hydrogens is 456 g/mol. The van der Waals surface area contributed by atoms with E-state index in [1.807, 2.05) is 45.9 Å². The molecule has 9 heteroatoms. The number of nitrogens with zero attached hydrogens (tertiary/aromatic N) is 2. The number of amides is 3. The molecular formula is C24H28N4O3S2. The van der Waals surface area contributed by atoms with Gasteiger partial charge in [-0.1, -0.05) is 29.5 Å². The zero-order valence-corrected chi connectivity index (χ0v) is 21.1. The highest BCUT2D eigenvalue weighted by Crippen LogP contribution is 2.36. The van der Waals surface area contributed by atoms with Crippen LogP contribution in [-0.4, -0.2) is 32.8 Å². The second kappa shape index (κ2) is 9.30. The first-order valence-electron chi connectivity index (χ1n) is 11.1. The van der Waals surface area contributed by atoms with E-state index in [9.17, 15) is 14.4 Å². The van der Waals surface area contributed by atoms with Crippen LogP contribution < -0.4 is 16.2 Å². The zero-order valence-electron chi connectivity index (χ0n) is 19.4. The van der Waals surface area contributed by atoms with E-state index in [0.717, 1.165) is 46.5 Å². The molecule has 0 fully saturated rings. The van der Waals surface area contributed by atoms with E-state index >= 15 is 0 Å². The molecule has 0 unspecified atom stereocenters. The van der Waals surface area contributed by atoms with Gasteiger partial charge < -0.3 is 5.32 Å². The third-order valence-electron chi connectivity index (χ3n) is 5.61. The van der Waals surface area contributed by atoms with Crippen LogP contribution in [0.5, 0.6) is 0 Å². The fourth-order valence-electron chi connectivity index (χ4n) is 4.10. The van der Waals surface area contributed by atoms with Crippen LogP contribution in [0.15, 0.2) is 28.2 Å². The van der Waals surface area contributed by atoms with E-state index in [1.54, 1.807) is 22.8 Å². The first kappa shape index (κ1) is 23.5. The van der Waals surface area contributed by atoms with Gasteiger partial charge in [-0.2, -0.15) is 0 Å². The molecule has 0 spiro atoms. The van der Waals surface area contributed by atoms with Crippen LogP contribution in [0.3, 0.4) is 0 Å². The molecule has 0 saturated heterocycles. The van der Waals surface area contributed by atoms with Gasteiger partial charge in [0.2, 0.25) is 5.91 Å². The van der Waals surface area contributed by atoms with Crippen molar-refractivity contribution in [1.29, 1.82) is 0 Å². The average molecular weight is 485 g/mol. The predicted molar refractivity (Wildman–Crippen MR) is 134 cm³/mol. The summed E-state index contributed by atoms with van der Waals surface area (Å²) >= 11 is 2.76. The minimum Gasteiger partial charge on any atom is -0.336 e. The third-order valence-corrected chi connectivity index (χ3v) is 7.85. The summed E-state index contributed by atoms with van der Waals surface area (Å²) in [7, 11) is 0. The molecule has 3 aromatic rings. The Morgan fingerprint density at radius 2 is 1.94 bits per heavy atom. The SMILES string of the molecule is Cc1ccc(-n2c(S[C@@H](C)C(=O)NC(=O)NC(C)C)nc3sc4c(c3c2=O)CCC4)c(C)c1. The molecule has 0 saturated carbocycles. The van der Waals surface area contributed by atoms with Gasteiger partial charge >= 0.3 is 6.03 Å². The highest BCUT2D eigenvalue weighted by molar-refractivity contribution is 8.00. The number of aryl methyl sites for hydroxylation is 4. The van der Waals surface area contributed by atoms with Crippen LogP contribution in [0.25, 0.3) is 15.9 Å². The maximum absolute atomic E-state index is 13.8. The number of thioether (sulfide) groups is 1. The van der Waals surface area contributed by atoms with Crippen molar-refractivity contribution >= 4 is 45.3 Å². The Labute approximate surface area is 201 Å². The summed E-state index contributed by atoms with van der Waals surface area (Å²) in [5, 5.41) is 5.54. The van der Waals surface area contributed by atoms with E-state index in [0.29, 0.717) is 10.5 Å². The molecule has 2 N–H and O–H groups in total. The van der Waals surface area contributed by atoms with Gasteiger partial charge in [-0.05, 0) is 71.1 Å². The molecule has 174 valence electrons. The number of fused-ring (bicyclic) bond motifs is 3. The summed E-state index contributed by atoms with van der Waals surface area (Å²) in [5.41, 5.74) is 3.84. The van der Waals surface area contributed by atoms with Crippen molar-refractivity contribution in [1.82, 2.24) is 20.2 Å². The summed E-state index contributed by atoms with van der Waals surface area (Å²) in [4.78, 5) is 45.2. The van der Waals surface area contributed by atoms with Crippen molar-refractivity contribution < 1.29 is 9.59 Å². The molecule has 1 aliphatic rings. The van der Waals surface area contributed by atoms with Gasteiger partial charge in [-0.15, -0.1) is 11.3 Å². The maximum atomic E-state index is 13.8. The average Bonchev–Trinajstić information content (AvgIpc) is 3.29. The number of carbonyl (C=O) groups excluding carboxylic acids is 2. The Morgan fingerprint density at radius 1 is 1.18 bits per heavy atom. The first-order chi connectivity index (χ1) is 15.7. The Morgan fingerprint density at radius 3 is 2.64 bits per heavy atom. The van der Waals surface area contributed by atoms with E-state index in [2.05, 4.69) is 10.6 Å². The number of urea groups is 1. The lowest BCUT2D eigenvalue weighted by Crippen LogP contribution is -2.45. The molecule has 2 heterocycles. The smallest absolute Gasteiger partial charge is 0.321 e. The number of hydrogen-bond donors (Lipinski definition) is 2. The van der Waals surface area contributed by atoms with Crippen LogP contribution in [0.4, 0.5) is 4.79 Å². The van der Waals surface area contributed by atoms with Gasteiger partial charge in [0.05, 0.1) is 16.3 Å². The Hall–Kier alpha value is -2.65. The summed E-state index contributed by atoms with van der Waals surface area (Å²) in [6.45, 7) is 9.33. The van der Waals surface area contributed by atoms with Crippen molar-refractivity contribution in [3.05, 3.63) is 50.1 Å². The summed E-state index contributed by atoms with van der Waals surface area (Å²) in [6.07, 6.45) is 2.94. The normalized spacial score (nSPS) is 13.9. The second-order valence-corrected chi connectivity index (χ2v) is 11.1. The van der Waals surface area contributed by atoms with Crippen LogP contribution in [-0.2, 0) is 17.6 Å². The molecule has 0 bridgehead atoms. The van der Waals surface area contributed by atoms with Crippen molar-refractivity contribution in [2.75, 3.05) is 0 Å². The van der Waals surface area contributed by atoms with Crippen molar-refractivity contribution in [2.24, 2.45) is 0 Å². The van der Waals surface area contributed by atoms with Crippen LogP contribution in [0.1, 0.15) is 48.8 Å². The molecule has 0 aliphatic heterocycles. The van der Waals surface area contributed by atoms with Gasteiger partial charge in [-0.25, -0.2) is 9.78 Å². The number of aromatic nitrogens is 2. The number of thiophene rings is 1. The lowest BCUT2D eigenvalue weighted by Gasteiger charge is -2.17. The quantitative estimate of drug-likeness (QED) is 0.417. The lowest BCUT2D eigenvalue weighted by atomic mass is 10.1. The van der Waals surface area contributed by atoms with E-state index in [1.165, 1.54) is 16.6 Å². The predicted octanol–water partition coefficient (Wildman–Crippen LogP) is 4.27. The van der Waals surface area contributed by atoms with Gasteiger partial charge in [0.25, 0.3) is 5.56 Å². The summed E-state index contributed by atoms with van der Waals surface area (Å²) in [5.74, 6) is -0.437. The lowest BCUT2D eigenvalue weighted by molar-refractivity contribution is -0.119. The minimum atomic E-state index is -0.629. The molecule has 1 atom stereocenters. The number of nitrogens with one attached hydrogen (secondary N) is 2. The fourth-order valence-corrected chi connectivity index (χ4v) is 6.32. The van der Waals surface area contributed by atoms with Gasteiger partial charge in [0, 0.05) is 10.9 Å². The summed E-state index contributed by atoms with van der Waals surface area (Å²) in [6, 6.07) is 5.31. The molecule has 2 aromatic heterocycles. The zero-order chi connectivity index (χ0) is 23.9. The fraction of sp³-hybridized carbons (Fsp3) is 0.417. The van der Waals surface area contributed by atoms with E-state index in [-0.39, 0.29) is 11.6 Å². The molecule has 7 nitrogen and oxygen atoms in total. The standard InChI is InChI=1S/C24H28N4O3S2/c1-12(2)25-23(31)26-20(29)15(5)32-24-27-21-19(16-7-6-8-18(16)33-21)22(30)28(24)17-10-9-13(3)11-14(17)4/h9-12,15H,6-8H2,1-5H3,(H2,25,26,29,31)/t15-/m0/s1. The van der Waals surface area contributed by atoms with Crippen molar-refractivity contribution in [3.63, 3.8) is 0 Å². The van der Waals surface area contributed by atoms with Crippen LogP contribution in [0, 0.1) is 13.8 Å². The Kier molecular flexibility index (Phi) is 6.63. The first-order valence-corrected chi connectivity index (χ1v) is 12.8. The van der Waals surface area contributed by atoms with E-state index in [4.69, 9.17) is 4.98 Å². The number of imide groups is 1. The van der Waals surface area contributed by atoms with Gasteiger partial charge in [0.15, 0.2) is 5.16 Å². The molecule has 4 rings (SSSR count). The Bertz CT molecular complexity index is 1310. The summed E-state index contributed by atoms with van der Waals surface area (Å²) < 4.78 is 1.63. The largest absolute Gasteiger partial charge is 0.336 e. The molecule has 1 aliphatic carbocycles. The van der Waals surface area contributed by atoms with Crippen molar-refractivity contribution in [2.45, 2.75) is 70.3 Å². The van der Waals surface area contributed by atoms with Crippen LogP contribution >= 0.6 is 23.1 Å². The highest BCUT2D eigenvalue weighted by Gasteiger charge is 2.26. The van der Waals surface area contributed by atoms with Gasteiger partial charge in [-0.3, -0.25) is 19.5 Å². The van der Waals surface area contributed by atoms with E-state index < -0.39 is 17.2 Å². The number of benzene rings is 1. The second-order valence-electron chi connectivity index (χ2n) is 8.74. The van der Waals surface area contributed by atoms with Gasteiger partial charge in [0.1, 0.15) is 4.83 Å². The monoisotopic (exact) mass is 484 g/mol. The molecule has 33 heavy (non-hydrogen) atoms. The third kappa shape index (κ3) is 4.70. The van der Waals surface area contributed by atoms with Crippen molar-refractivity contribution in [3.8, 4) is 5.69 Å². The molecule has 1 aromatic carbocycles. The van der Waals surface area contributed by atoms with Crippen LogP contribution in [0.2, 0.25) is 0 Å². The number of carbonyl (C=O) groups is 2. The minimum absolute atomic E-state index is 0.0831. The molecule has 3 amide bonds. The topological polar surface area (TPSA) is 93.1 Å². The number of rotatable bonds is 5. The maximum Gasteiger partial charge on any atom is 0.321 e.